The zero-order valence-electron chi connectivity index (χ0n) is 12.9. The van der Waals surface area contributed by atoms with Gasteiger partial charge in [-0.25, -0.2) is 0 Å². The third-order valence-electron chi connectivity index (χ3n) is 4.30. The molecule has 1 aliphatic carbocycles. The van der Waals surface area contributed by atoms with Crippen molar-refractivity contribution in [3.63, 3.8) is 0 Å². The van der Waals surface area contributed by atoms with E-state index in [0.717, 1.165) is 49.3 Å². The molecule has 0 aliphatic heterocycles. The lowest BCUT2D eigenvalue weighted by Gasteiger charge is -2.35. The number of aromatic nitrogens is 2. The van der Waals surface area contributed by atoms with Gasteiger partial charge in [0, 0.05) is 13.6 Å². The van der Waals surface area contributed by atoms with Crippen LogP contribution in [0.4, 0.5) is 11.5 Å². The van der Waals surface area contributed by atoms with Crippen LogP contribution in [0.3, 0.4) is 0 Å². The Balaban J connectivity index is 2.03. The summed E-state index contributed by atoms with van der Waals surface area (Å²) < 4.78 is 1.79. The zero-order chi connectivity index (χ0) is 14.8. The number of rotatable bonds is 5. The van der Waals surface area contributed by atoms with Gasteiger partial charge in [0.15, 0.2) is 0 Å². The molecule has 1 saturated carbocycles. The normalized spacial score (nSPS) is 26.7. The van der Waals surface area contributed by atoms with Crippen molar-refractivity contribution >= 4 is 11.5 Å². The number of anilines is 2. The van der Waals surface area contributed by atoms with Crippen LogP contribution in [0.25, 0.3) is 0 Å². The Morgan fingerprint density at radius 2 is 2.30 bits per heavy atom. The van der Waals surface area contributed by atoms with E-state index in [2.05, 4.69) is 24.3 Å². The first-order valence-electron chi connectivity index (χ1n) is 7.73. The first kappa shape index (κ1) is 15.2. The summed E-state index contributed by atoms with van der Waals surface area (Å²) in [7, 11) is 1.89. The van der Waals surface area contributed by atoms with Crippen molar-refractivity contribution in [2.75, 3.05) is 17.6 Å². The second-order valence-corrected chi connectivity index (χ2v) is 6.36. The molecule has 1 aliphatic rings. The molecule has 0 bridgehead atoms. The molecule has 2 unspecified atom stereocenters. The highest BCUT2D eigenvalue weighted by Gasteiger charge is 2.32. The summed E-state index contributed by atoms with van der Waals surface area (Å²) in [6.45, 7) is 4.88. The van der Waals surface area contributed by atoms with Gasteiger partial charge in [-0.3, -0.25) is 4.68 Å². The third-order valence-corrected chi connectivity index (χ3v) is 4.30. The Hall–Kier alpha value is -1.23. The van der Waals surface area contributed by atoms with Gasteiger partial charge in [0.05, 0.1) is 17.0 Å². The van der Waals surface area contributed by atoms with E-state index in [1.807, 2.05) is 7.05 Å². The molecule has 1 heterocycles. The van der Waals surface area contributed by atoms with Crippen molar-refractivity contribution in [2.24, 2.45) is 13.0 Å². The monoisotopic (exact) mass is 280 g/mol. The smallest absolute Gasteiger partial charge is 0.147 e. The number of nitrogen functional groups attached to an aromatic ring is 1. The van der Waals surface area contributed by atoms with Gasteiger partial charge in [-0.05, 0) is 25.2 Å². The third kappa shape index (κ3) is 3.26. The number of hydrogen-bond acceptors (Lipinski definition) is 4. The fourth-order valence-electron chi connectivity index (χ4n) is 3.27. The van der Waals surface area contributed by atoms with Crippen LogP contribution >= 0.6 is 0 Å². The maximum Gasteiger partial charge on any atom is 0.147 e. The topological polar surface area (TPSA) is 76.1 Å². The molecular weight excluding hydrogens is 252 g/mol. The first-order chi connectivity index (χ1) is 9.45. The highest BCUT2D eigenvalue weighted by atomic mass is 16.3. The molecule has 0 amide bonds. The summed E-state index contributed by atoms with van der Waals surface area (Å²) in [5.74, 6) is 1.43. The fourth-order valence-corrected chi connectivity index (χ4v) is 3.27. The molecule has 2 atom stereocenters. The predicted molar refractivity (Wildman–Crippen MR) is 82.7 cm³/mol. The zero-order valence-corrected chi connectivity index (χ0v) is 12.9. The molecule has 0 aromatic carbocycles. The molecule has 1 fully saturated rings. The van der Waals surface area contributed by atoms with Crippen molar-refractivity contribution in [3.8, 4) is 0 Å². The SMILES string of the molecule is CCCc1nn(C)c(NCC2(O)CCCC(C)C2)c1N. The Labute approximate surface area is 121 Å². The lowest BCUT2D eigenvalue weighted by Crippen LogP contribution is -2.41. The van der Waals surface area contributed by atoms with Gasteiger partial charge in [0.25, 0.3) is 0 Å². The Morgan fingerprint density at radius 3 is 2.95 bits per heavy atom. The Morgan fingerprint density at radius 1 is 1.55 bits per heavy atom. The van der Waals surface area contributed by atoms with Gasteiger partial charge < -0.3 is 16.2 Å². The summed E-state index contributed by atoms with van der Waals surface area (Å²) in [4.78, 5) is 0. The van der Waals surface area contributed by atoms with Crippen LogP contribution in [0.1, 0.15) is 51.6 Å². The molecule has 20 heavy (non-hydrogen) atoms. The largest absolute Gasteiger partial charge is 0.394 e. The predicted octanol–water partition coefficient (Wildman–Crippen LogP) is 2.31. The number of nitrogens with zero attached hydrogens (tertiary/aromatic N) is 2. The van der Waals surface area contributed by atoms with E-state index >= 15 is 0 Å². The fraction of sp³-hybridized carbons (Fsp3) is 0.800. The molecule has 2 rings (SSSR count). The molecular formula is C15H28N4O. The molecule has 0 radical (unpaired) electrons. The van der Waals surface area contributed by atoms with Gasteiger partial charge >= 0.3 is 0 Å². The van der Waals surface area contributed by atoms with Gasteiger partial charge in [0.1, 0.15) is 5.82 Å². The van der Waals surface area contributed by atoms with E-state index in [9.17, 15) is 5.11 Å². The van der Waals surface area contributed by atoms with Crippen molar-refractivity contribution in [3.05, 3.63) is 5.69 Å². The van der Waals surface area contributed by atoms with E-state index in [0.29, 0.717) is 12.5 Å². The molecule has 4 N–H and O–H groups in total. The molecule has 5 heteroatoms. The lowest BCUT2D eigenvalue weighted by molar-refractivity contribution is -0.000858. The van der Waals surface area contributed by atoms with E-state index in [1.165, 1.54) is 6.42 Å². The quantitative estimate of drug-likeness (QED) is 0.773. The van der Waals surface area contributed by atoms with Crippen LogP contribution in [0.15, 0.2) is 0 Å². The van der Waals surface area contributed by atoms with Crippen LogP contribution in [-0.4, -0.2) is 27.0 Å². The molecule has 1 aromatic heterocycles. The molecule has 1 aromatic rings. The number of aliphatic hydroxyl groups is 1. The van der Waals surface area contributed by atoms with E-state index < -0.39 is 5.60 Å². The molecule has 0 spiro atoms. The van der Waals surface area contributed by atoms with Crippen LogP contribution in [-0.2, 0) is 13.5 Å². The Bertz CT molecular complexity index is 457. The number of aryl methyl sites for hydroxylation is 2. The summed E-state index contributed by atoms with van der Waals surface area (Å²) >= 11 is 0. The minimum absolute atomic E-state index is 0.548. The maximum atomic E-state index is 10.7. The summed E-state index contributed by atoms with van der Waals surface area (Å²) in [6, 6.07) is 0. The van der Waals surface area contributed by atoms with Gasteiger partial charge in [0.2, 0.25) is 0 Å². The van der Waals surface area contributed by atoms with Crippen molar-refractivity contribution in [1.29, 1.82) is 0 Å². The van der Waals surface area contributed by atoms with Gasteiger partial charge in [-0.1, -0.05) is 33.1 Å². The average molecular weight is 280 g/mol. The molecule has 0 saturated heterocycles. The second-order valence-electron chi connectivity index (χ2n) is 6.36. The first-order valence-corrected chi connectivity index (χ1v) is 7.73. The minimum atomic E-state index is -0.612. The average Bonchev–Trinajstić information content (AvgIpc) is 2.63. The highest BCUT2D eigenvalue weighted by molar-refractivity contribution is 5.65. The minimum Gasteiger partial charge on any atom is -0.394 e. The van der Waals surface area contributed by atoms with E-state index in [4.69, 9.17) is 5.73 Å². The van der Waals surface area contributed by atoms with Crippen molar-refractivity contribution < 1.29 is 5.11 Å². The summed E-state index contributed by atoms with van der Waals surface area (Å²) in [5.41, 5.74) is 7.21. The molecule has 5 nitrogen and oxygen atoms in total. The van der Waals surface area contributed by atoms with Gasteiger partial charge in [-0.2, -0.15) is 5.10 Å². The summed E-state index contributed by atoms with van der Waals surface area (Å²) in [6.07, 6.45) is 5.96. The molecule has 114 valence electrons. The van der Waals surface area contributed by atoms with E-state index in [1.54, 1.807) is 4.68 Å². The van der Waals surface area contributed by atoms with Gasteiger partial charge in [-0.15, -0.1) is 0 Å². The number of nitrogens with one attached hydrogen (secondary N) is 1. The van der Waals surface area contributed by atoms with Crippen LogP contribution < -0.4 is 11.1 Å². The second kappa shape index (κ2) is 6.04. The Kier molecular flexibility index (Phi) is 4.58. The van der Waals surface area contributed by atoms with Crippen LogP contribution in [0.5, 0.6) is 0 Å². The number of hydrogen-bond donors (Lipinski definition) is 3. The number of nitrogens with two attached hydrogens (primary N) is 1. The lowest BCUT2D eigenvalue weighted by atomic mass is 9.79. The van der Waals surface area contributed by atoms with E-state index in [-0.39, 0.29) is 0 Å². The standard InChI is InChI=1S/C15H28N4O/c1-4-6-12-13(16)14(19(3)18-12)17-10-15(20)8-5-7-11(2)9-15/h11,17,20H,4-10,16H2,1-3H3. The maximum absolute atomic E-state index is 10.7. The van der Waals surface area contributed by atoms with Crippen LogP contribution in [0.2, 0.25) is 0 Å². The van der Waals surface area contributed by atoms with Crippen LogP contribution in [0, 0.1) is 5.92 Å². The van der Waals surface area contributed by atoms with Crippen molar-refractivity contribution in [1.82, 2.24) is 9.78 Å². The van der Waals surface area contributed by atoms with Crippen molar-refractivity contribution in [2.45, 2.75) is 58.0 Å². The highest BCUT2D eigenvalue weighted by Crippen LogP contribution is 2.33. The summed E-state index contributed by atoms with van der Waals surface area (Å²) in [5, 5.41) is 18.4.